The van der Waals surface area contributed by atoms with E-state index in [4.69, 9.17) is 8.83 Å². The van der Waals surface area contributed by atoms with E-state index in [1.807, 2.05) is 0 Å². The van der Waals surface area contributed by atoms with Crippen LogP contribution in [-0.2, 0) is 0 Å². The molecule has 0 unspecified atom stereocenters. The van der Waals surface area contributed by atoms with E-state index < -0.39 is 16.3 Å². The van der Waals surface area contributed by atoms with Crippen molar-refractivity contribution in [1.29, 1.82) is 0 Å². The van der Waals surface area contributed by atoms with E-state index in [1.54, 1.807) is 0 Å². The summed E-state index contributed by atoms with van der Waals surface area (Å²) in [6, 6.07) is 35.6. The number of rotatable bonds is 4. The molecule has 0 heterocycles. The summed E-state index contributed by atoms with van der Waals surface area (Å²) in [5, 5.41) is 0. The van der Waals surface area contributed by atoms with E-state index in [0.717, 1.165) is 0 Å². The first-order valence-corrected chi connectivity index (χ1v) is 18.7. The van der Waals surface area contributed by atoms with Crippen LogP contribution in [0.3, 0.4) is 0 Å². The van der Waals surface area contributed by atoms with Crippen LogP contribution >= 0.6 is 8.83 Å². The molecule has 0 atom stereocenters. The molecule has 30 heavy (non-hydrogen) atoms. The van der Waals surface area contributed by atoms with Crippen LogP contribution in [0.5, 0.6) is 0 Å². The Morgan fingerprint density at radius 1 is 0.367 bits per heavy atom. The molecule has 0 saturated heterocycles. The molecule has 0 bridgehead atoms. The predicted molar refractivity (Wildman–Crippen MR) is 135 cm³/mol. The molecule has 2 heteroatoms. The summed E-state index contributed by atoms with van der Waals surface area (Å²) in [5.41, 5.74) is 4.98. The van der Waals surface area contributed by atoms with Gasteiger partial charge in [0.05, 0.1) is 0 Å². The zero-order chi connectivity index (χ0) is 21.4. The molecular formula is C28H28ClSb. The van der Waals surface area contributed by atoms with E-state index in [0.29, 0.717) is 0 Å². The fourth-order valence-electron chi connectivity index (χ4n) is 4.19. The molecule has 0 aliphatic carbocycles. The number of halogens is 1. The topological polar surface area (TPSA) is 0 Å². The first-order chi connectivity index (χ1) is 14.3. The SMILES string of the molecule is Cc1cc[c]([Sb]([Cl])([c]2ccc(C)cc2)([c]2ccc(C)cc2)[c]2ccc(C)cc2)cc1. The van der Waals surface area contributed by atoms with Gasteiger partial charge in [-0.15, -0.1) is 0 Å². The molecule has 152 valence electrons. The molecule has 0 N–H and O–H groups in total. The van der Waals surface area contributed by atoms with Crippen LogP contribution in [-0.4, -0.2) is 16.3 Å². The number of hydrogen-bond acceptors (Lipinski definition) is 0. The Hall–Kier alpha value is -2.01. The summed E-state index contributed by atoms with van der Waals surface area (Å²) in [4.78, 5) is 0. The van der Waals surface area contributed by atoms with Crippen LogP contribution in [0.4, 0.5) is 0 Å². The fourth-order valence-corrected chi connectivity index (χ4v) is 20.4. The molecule has 0 aromatic heterocycles. The van der Waals surface area contributed by atoms with Gasteiger partial charge in [-0.1, -0.05) is 0 Å². The maximum absolute atomic E-state index is 8.31. The van der Waals surface area contributed by atoms with Crippen molar-refractivity contribution in [2.24, 2.45) is 0 Å². The molecule has 4 aromatic rings. The molecule has 0 nitrogen and oxygen atoms in total. The van der Waals surface area contributed by atoms with Crippen LogP contribution in [0, 0.1) is 27.7 Å². The van der Waals surface area contributed by atoms with Gasteiger partial charge in [0.1, 0.15) is 0 Å². The Bertz CT molecular complexity index is 962. The van der Waals surface area contributed by atoms with Crippen molar-refractivity contribution in [1.82, 2.24) is 0 Å². The molecular weight excluding hydrogens is 494 g/mol. The van der Waals surface area contributed by atoms with E-state index >= 15 is 0 Å². The number of benzene rings is 4. The molecule has 0 fully saturated rings. The van der Waals surface area contributed by atoms with E-state index in [-0.39, 0.29) is 0 Å². The quantitative estimate of drug-likeness (QED) is 0.332. The van der Waals surface area contributed by atoms with Gasteiger partial charge in [-0.05, 0) is 0 Å². The van der Waals surface area contributed by atoms with Gasteiger partial charge < -0.3 is 0 Å². The molecule has 4 rings (SSSR count). The van der Waals surface area contributed by atoms with Crippen molar-refractivity contribution in [3.8, 4) is 0 Å². The molecule has 0 saturated carbocycles. The van der Waals surface area contributed by atoms with Crippen LogP contribution in [0.2, 0.25) is 0 Å². The summed E-state index contributed by atoms with van der Waals surface area (Å²) in [6.45, 7) is 8.52. The number of hydrogen-bond donors (Lipinski definition) is 0. The van der Waals surface area contributed by atoms with E-state index in [2.05, 4.69) is 125 Å². The Kier molecular flexibility index (Phi) is 5.60. The number of aryl methyl sites for hydroxylation is 4. The van der Waals surface area contributed by atoms with Crippen LogP contribution in [0.1, 0.15) is 22.3 Å². The van der Waals surface area contributed by atoms with Gasteiger partial charge in [-0.3, -0.25) is 0 Å². The monoisotopic (exact) mass is 520 g/mol. The summed E-state index contributed by atoms with van der Waals surface area (Å²) in [5.74, 6) is 0. The van der Waals surface area contributed by atoms with Crippen LogP contribution in [0.15, 0.2) is 97.1 Å². The zero-order valence-corrected chi connectivity index (χ0v) is 21.4. The first-order valence-electron chi connectivity index (χ1n) is 10.3. The van der Waals surface area contributed by atoms with Crippen LogP contribution in [0.25, 0.3) is 0 Å². The minimum atomic E-state index is -4.55. The summed E-state index contributed by atoms with van der Waals surface area (Å²) >= 11 is -4.55. The maximum atomic E-state index is 8.31. The van der Waals surface area contributed by atoms with E-state index in [1.165, 1.54) is 36.3 Å². The van der Waals surface area contributed by atoms with Crippen molar-refractivity contribution in [2.45, 2.75) is 27.7 Å². The average Bonchev–Trinajstić information content (AvgIpc) is 2.75. The molecule has 0 aliphatic heterocycles. The van der Waals surface area contributed by atoms with Crippen molar-refractivity contribution in [2.75, 3.05) is 0 Å². The van der Waals surface area contributed by atoms with Gasteiger partial charge in [0.25, 0.3) is 0 Å². The molecule has 0 aliphatic rings. The van der Waals surface area contributed by atoms with Crippen molar-refractivity contribution in [3.63, 3.8) is 0 Å². The molecule has 4 aromatic carbocycles. The summed E-state index contributed by atoms with van der Waals surface area (Å²) < 4.78 is 4.97. The Labute approximate surface area is 185 Å². The van der Waals surface area contributed by atoms with Crippen molar-refractivity contribution in [3.05, 3.63) is 119 Å². The Morgan fingerprint density at radius 3 is 0.700 bits per heavy atom. The van der Waals surface area contributed by atoms with Gasteiger partial charge in [0.2, 0.25) is 0 Å². The molecule has 0 radical (unpaired) electrons. The van der Waals surface area contributed by atoms with Gasteiger partial charge in [0.15, 0.2) is 0 Å². The van der Waals surface area contributed by atoms with E-state index in [9.17, 15) is 0 Å². The van der Waals surface area contributed by atoms with Crippen LogP contribution < -0.4 is 14.0 Å². The summed E-state index contributed by atoms with van der Waals surface area (Å²) in [7, 11) is 8.31. The third kappa shape index (κ3) is 3.31. The third-order valence-electron chi connectivity index (χ3n) is 6.08. The Morgan fingerprint density at radius 2 is 0.533 bits per heavy atom. The predicted octanol–water partition coefficient (Wildman–Crippen LogP) is 4.99. The van der Waals surface area contributed by atoms with Gasteiger partial charge in [-0.25, -0.2) is 0 Å². The first kappa shape index (κ1) is 21.2. The van der Waals surface area contributed by atoms with Crippen molar-refractivity contribution < 1.29 is 0 Å². The average molecular weight is 522 g/mol. The van der Waals surface area contributed by atoms with Gasteiger partial charge >= 0.3 is 186 Å². The minimum absolute atomic E-state index is 1.24. The standard InChI is InChI=1S/4C7H7.ClH.Sb/c4*1-7-5-3-2-4-6-7;;/h4*3-6H,1H3;1H;/q;;;;;+1/p-1. The second-order valence-electron chi connectivity index (χ2n) is 8.35. The second-order valence-corrected chi connectivity index (χ2v) is 24.5. The normalized spacial score (nSPS) is 12.9. The second kappa shape index (κ2) is 7.92. The zero-order valence-electron chi connectivity index (χ0n) is 18.1. The van der Waals surface area contributed by atoms with Gasteiger partial charge in [0, 0.05) is 0 Å². The third-order valence-corrected chi connectivity index (χ3v) is 25.8. The molecule has 0 spiro atoms. The fraction of sp³-hybridized carbons (Fsp3) is 0.143. The Balaban J connectivity index is 2.20. The summed E-state index contributed by atoms with van der Waals surface area (Å²) in [6.07, 6.45) is 0. The molecule has 0 amide bonds. The van der Waals surface area contributed by atoms with Gasteiger partial charge in [-0.2, -0.15) is 0 Å². The van der Waals surface area contributed by atoms with Crippen molar-refractivity contribution >= 4 is 39.1 Å².